The van der Waals surface area contributed by atoms with Crippen molar-refractivity contribution < 1.29 is 4.74 Å². The van der Waals surface area contributed by atoms with Gasteiger partial charge in [0.2, 0.25) is 0 Å². The molecular formula is C16H16ClN3O. The summed E-state index contributed by atoms with van der Waals surface area (Å²) >= 11 is 6.23. The molecule has 2 heterocycles. The number of ether oxygens (including phenoxy) is 1. The van der Waals surface area contributed by atoms with E-state index in [1.54, 1.807) is 0 Å². The van der Waals surface area contributed by atoms with Crippen molar-refractivity contribution >= 4 is 17.2 Å². The van der Waals surface area contributed by atoms with E-state index in [2.05, 4.69) is 4.98 Å². The number of fused-ring (bicyclic) bond motifs is 1. The summed E-state index contributed by atoms with van der Waals surface area (Å²) in [6, 6.07) is 11.5. The molecule has 3 aromatic rings. The van der Waals surface area contributed by atoms with Crippen molar-refractivity contribution in [2.45, 2.75) is 13.5 Å². The zero-order valence-corrected chi connectivity index (χ0v) is 12.5. The van der Waals surface area contributed by atoms with E-state index in [0.29, 0.717) is 23.8 Å². The molecule has 3 rings (SSSR count). The second kappa shape index (κ2) is 5.76. The predicted molar refractivity (Wildman–Crippen MR) is 84.7 cm³/mol. The number of nitrogens with zero attached hydrogens (tertiary/aromatic N) is 2. The van der Waals surface area contributed by atoms with Gasteiger partial charge < -0.3 is 14.9 Å². The molecule has 1 aromatic carbocycles. The van der Waals surface area contributed by atoms with Gasteiger partial charge in [0.25, 0.3) is 0 Å². The fourth-order valence-electron chi connectivity index (χ4n) is 2.44. The van der Waals surface area contributed by atoms with Crippen LogP contribution in [0.2, 0.25) is 5.02 Å². The number of imidazole rings is 1. The first kappa shape index (κ1) is 13.9. The Morgan fingerprint density at radius 1 is 1.24 bits per heavy atom. The number of halogens is 1. The number of nitrogens with two attached hydrogens (primary N) is 1. The molecule has 0 aliphatic rings. The highest BCUT2D eigenvalue weighted by Crippen LogP contribution is 2.33. The maximum atomic E-state index is 6.23. The molecule has 4 nitrogen and oxygen atoms in total. The summed E-state index contributed by atoms with van der Waals surface area (Å²) in [6.45, 7) is 2.93. The maximum Gasteiger partial charge on any atom is 0.156 e. The molecule has 0 aliphatic heterocycles. The molecule has 0 saturated carbocycles. The summed E-state index contributed by atoms with van der Waals surface area (Å²) in [4.78, 5) is 4.67. The quantitative estimate of drug-likeness (QED) is 0.802. The van der Waals surface area contributed by atoms with Gasteiger partial charge in [-0.25, -0.2) is 4.98 Å². The Labute approximate surface area is 128 Å². The molecule has 0 fully saturated rings. The zero-order valence-electron chi connectivity index (χ0n) is 11.7. The monoisotopic (exact) mass is 301 g/mol. The number of aromatic nitrogens is 2. The highest BCUT2D eigenvalue weighted by molar-refractivity contribution is 6.33. The van der Waals surface area contributed by atoms with Crippen molar-refractivity contribution in [3.05, 3.63) is 53.3 Å². The first-order valence-electron chi connectivity index (χ1n) is 6.84. The van der Waals surface area contributed by atoms with Crippen LogP contribution in [-0.2, 0) is 6.54 Å². The Morgan fingerprint density at radius 3 is 2.81 bits per heavy atom. The second-order valence-corrected chi connectivity index (χ2v) is 5.00. The minimum Gasteiger partial charge on any atom is -0.493 e. The van der Waals surface area contributed by atoms with Crippen LogP contribution < -0.4 is 10.5 Å². The minimum atomic E-state index is 0.372. The Morgan fingerprint density at radius 2 is 2.05 bits per heavy atom. The SMILES string of the molecule is CCOc1ccccc1-c1nc2c(Cl)cccn2c1CN. The van der Waals surface area contributed by atoms with Crippen molar-refractivity contribution in [2.24, 2.45) is 5.73 Å². The molecule has 2 N–H and O–H groups in total. The minimum absolute atomic E-state index is 0.372. The first-order chi connectivity index (χ1) is 10.3. The summed E-state index contributed by atoms with van der Waals surface area (Å²) in [5.41, 5.74) is 9.30. The Kier molecular flexibility index (Phi) is 3.82. The van der Waals surface area contributed by atoms with E-state index < -0.39 is 0 Å². The number of hydrogen-bond donors (Lipinski definition) is 1. The fourth-order valence-corrected chi connectivity index (χ4v) is 2.64. The van der Waals surface area contributed by atoms with Crippen LogP contribution in [0.15, 0.2) is 42.6 Å². The molecule has 0 saturated heterocycles. The Bertz CT molecular complexity index is 782. The second-order valence-electron chi connectivity index (χ2n) is 4.59. The van der Waals surface area contributed by atoms with E-state index in [9.17, 15) is 0 Å². The van der Waals surface area contributed by atoms with E-state index in [-0.39, 0.29) is 0 Å². The predicted octanol–water partition coefficient (Wildman–Crippen LogP) is 3.51. The van der Waals surface area contributed by atoms with Gasteiger partial charge in [-0.3, -0.25) is 0 Å². The van der Waals surface area contributed by atoms with Gasteiger partial charge in [0, 0.05) is 18.3 Å². The van der Waals surface area contributed by atoms with Crippen LogP contribution in [0.1, 0.15) is 12.6 Å². The van der Waals surface area contributed by atoms with Gasteiger partial charge in [-0.15, -0.1) is 0 Å². The number of benzene rings is 1. The van der Waals surface area contributed by atoms with Gasteiger partial charge in [0.1, 0.15) is 5.75 Å². The van der Waals surface area contributed by atoms with Gasteiger partial charge in [0.05, 0.1) is 23.0 Å². The van der Waals surface area contributed by atoms with Crippen LogP contribution in [0.25, 0.3) is 16.9 Å². The summed E-state index contributed by atoms with van der Waals surface area (Å²) < 4.78 is 7.63. The Hall–Kier alpha value is -2.04. The van der Waals surface area contributed by atoms with Crippen molar-refractivity contribution in [1.29, 1.82) is 0 Å². The fraction of sp³-hybridized carbons (Fsp3) is 0.188. The first-order valence-corrected chi connectivity index (χ1v) is 7.21. The van der Waals surface area contributed by atoms with Crippen LogP contribution in [-0.4, -0.2) is 16.0 Å². The third kappa shape index (κ3) is 2.37. The smallest absolute Gasteiger partial charge is 0.156 e. The highest BCUT2D eigenvalue weighted by Gasteiger charge is 2.17. The van der Waals surface area contributed by atoms with Gasteiger partial charge >= 0.3 is 0 Å². The molecule has 0 amide bonds. The normalized spacial score (nSPS) is 11.0. The van der Waals surface area contributed by atoms with Crippen molar-refractivity contribution in [2.75, 3.05) is 6.61 Å². The van der Waals surface area contributed by atoms with Crippen LogP contribution in [0.3, 0.4) is 0 Å². The average molecular weight is 302 g/mol. The standard InChI is InChI=1S/C16H16ClN3O/c1-2-21-14-8-4-3-6-11(14)15-13(10-18)20-9-5-7-12(17)16(20)19-15/h3-9H,2,10,18H2,1H3. The van der Waals surface area contributed by atoms with E-state index in [1.807, 2.05) is 53.9 Å². The number of hydrogen-bond acceptors (Lipinski definition) is 3. The number of rotatable bonds is 4. The van der Waals surface area contributed by atoms with Crippen molar-refractivity contribution in [1.82, 2.24) is 9.38 Å². The van der Waals surface area contributed by atoms with Crippen molar-refractivity contribution in [3.63, 3.8) is 0 Å². The highest BCUT2D eigenvalue weighted by atomic mass is 35.5. The maximum absolute atomic E-state index is 6.23. The summed E-state index contributed by atoms with van der Waals surface area (Å²) in [5, 5.41) is 0.604. The molecule has 0 radical (unpaired) electrons. The lowest BCUT2D eigenvalue weighted by Crippen LogP contribution is -2.03. The van der Waals surface area contributed by atoms with E-state index in [4.69, 9.17) is 22.1 Å². The molecule has 0 unspecified atom stereocenters. The van der Waals surface area contributed by atoms with Gasteiger partial charge in [-0.2, -0.15) is 0 Å². The molecule has 21 heavy (non-hydrogen) atoms. The van der Waals surface area contributed by atoms with Crippen LogP contribution in [0, 0.1) is 0 Å². The lowest BCUT2D eigenvalue weighted by Gasteiger charge is -2.09. The number of pyridine rings is 1. The molecule has 0 bridgehead atoms. The van der Waals surface area contributed by atoms with E-state index >= 15 is 0 Å². The van der Waals surface area contributed by atoms with Crippen LogP contribution in [0.4, 0.5) is 0 Å². The van der Waals surface area contributed by atoms with E-state index in [0.717, 1.165) is 22.7 Å². The summed E-state index contributed by atoms with van der Waals surface area (Å²) in [6.07, 6.45) is 1.92. The third-order valence-corrected chi connectivity index (χ3v) is 3.63. The average Bonchev–Trinajstić information content (AvgIpc) is 2.88. The molecule has 0 spiro atoms. The van der Waals surface area contributed by atoms with Gasteiger partial charge in [0.15, 0.2) is 5.65 Å². The van der Waals surface area contributed by atoms with E-state index in [1.165, 1.54) is 0 Å². The summed E-state index contributed by atoms with van der Waals surface area (Å²) in [7, 11) is 0. The lowest BCUT2D eigenvalue weighted by molar-refractivity contribution is 0.341. The molecule has 2 aromatic heterocycles. The zero-order chi connectivity index (χ0) is 14.8. The molecule has 5 heteroatoms. The van der Waals surface area contributed by atoms with Crippen LogP contribution >= 0.6 is 11.6 Å². The molecule has 0 aliphatic carbocycles. The largest absolute Gasteiger partial charge is 0.493 e. The van der Waals surface area contributed by atoms with Gasteiger partial charge in [-0.05, 0) is 31.2 Å². The Balaban J connectivity index is 2.28. The molecule has 0 atom stereocenters. The topological polar surface area (TPSA) is 52.5 Å². The lowest BCUT2D eigenvalue weighted by atomic mass is 10.1. The molecular weight excluding hydrogens is 286 g/mol. The number of para-hydroxylation sites is 1. The third-order valence-electron chi connectivity index (χ3n) is 3.34. The van der Waals surface area contributed by atoms with Crippen LogP contribution in [0.5, 0.6) is 5.75 Å². The summed E-state index contributed by atoms with van der Waals surface area (Å²) in [5.74, 6) is 0.800. The molecule has 108 valence electrons. The van der Waals surface area contributed by atoms with Gasteiger partial charge in [-0.1, -0.05) is 23.7 Å². The van der Waals surface area contributed by atoms with Crippen molar-refractivity contribution in [3.8, 4) is 17.0 Å².